The first kappa shape index (κ1) is 8.31. The highest BCUT2D eigenvalue weighted by Crippen LogP contribution is 2.27. The summed E-state index contributed by atoms with van der Waals surface area (Å²) < 4.78 is 0.984. The van der Waals surface area contributed by atoms with E-state index in [1.807, 2.05) is 24.4 Å². The van der Waals surface area contributed by atoms with Gasteiger partial charge in [-0.2, -0.15) is 5.10 Å². The number of aromatic nitrogens is 2. The zero-order valence-corrected chi connectivity index (χ0v) is 8.38. The topological polar surface area (TPSA) is 54.7 Å². The third-order valence-electron chi connectivity index (χ3n) is 1.82. The maximum atomic E-state index is 5.84. The molecule has 0 aliphatic carbocycles. The van der Waals surface area contributed by atoms with Crippen LogP contribution in [-0.2, 0) is 0 Å². The van der Waals surface area contributed by atoms with Crippen LogP contribution in [0.4, 0.5) is 5.69 Å². The van der Waals surface area contributed by atoms with Crippen LogP contribution < -0.4 is 5.73 Å². The number of nitrogens with zero attached hydrogens (tertiary/aromatic N) is 1. The number of nitrogens with two attached hydrogens (primary N) is 1. The van der Waals surface area contributed by atoms with E-state index in [2.05, 4.69) is 26.1 Å². The second kappa shape index (κ2) is 3.22. The van der Waals surface area contributed by atoms with E-state index < -0.39 is 0 Å². The fourth-order valence-electron chi connectivity index (χ4n) is 1.19. The van der Waals surface area contributed by atoms with Crippen molar-refractivity contribution < 1.29 is 0 Å². The van der Waals surface area contributed by atoms with E-state index in [1.165, 1.54) is 0 Å². The third-order valence-corrected chi connectivity index (χ3v) is 2.32. The first-order chi connectivity index (χ1) is 6.27. The van der Waals surface area contributed by atoms with Crippen molar-refractivity contribution in [2.45, 2.75) is 0 Å². The fraction of sp³-hybridized carbons (Fsp3) is 0. The Bertz CT molecular complexity index is 409. The van der Waals surface area contributed by atoms with Crippen molar-refractivity contribution in [3.8, 4) is 11.1 Å². The average Bonchev–Trinajstić information content (AvgIpc) is 2.56. The summed E-state index contributed by atoms with van der Waals surface area (Å²) in [5.41, 5.74) is 8.59. The summed E-state index contributed by atoms with van der Waals surface area (Å²) in [6.07, 6.45) is 3.57. The van der Waals surface area contributed by atoms with Gasteiger partial charge >= 0.3 is 0 Å². The summed E-state index contributed by atoms with van der Waals surface area (Å²) in [5, 5.41) is 6.62. The zero-order chi connectivity index (χ0) is 9.26. The van der Waals surface area contributed by atoms with Crippen LogP contribution in [0.3, 0.4) is 0 Å². The number of benzene rings is 1. The fourth-order valence-corrected chi connectivity index (χ4v) is 1.57. The molecule has 0 aliphatic heterocycles. The predicted molar refractivity (Wildman–Crippen MR) is 56.1 cm³/mol. The molecule has 0 aliphatic rings. The average molecular weight is 238 g/mol. The molecule has 0 saturated heterocycles. The van der Waals surface area contributed by atoms with Gasteiger partial charge in [-0.05, 0) is 12.1 Å². The number of aromatic amines is 1. The number of hydrogen-bond acceptors (Lipinski definition) is 2. The number of hydrogen-bond donors (Lipinski definition) is 2. The first-order valence-corrected chi connectivity index (χ1v) is 4.61. The van der Waals surface area contributed by atoms with Crippen LogP contribution in [0.1, 0.15) is 0 Å². The van der Waals surface area contributed by atoms with Gasteiger partial charge in [0.05, 0.1) is 6.20 Å². The van der Waals surface area contributed by atoms with Gasteiger partial charge in [0, 0.05) is 27.5 Å². The lowest BCUT2D eigenvalue weighted by Gasteiger charge is -2.02. The van der Waals surface area contributed by atoms with Gasteiger partial charge < -0.3 is 5.73 Å². The Hall–Kier alpha value is -1.29. The maximum Gasteiger partial charge on any atom is 0.0566 e. The number of halogens is 1. The molecule has 0 spiro atoms. The van der Waals surface area contributed by atoms with E-state index in [-0.39, 0.29) is 0 Å². The van der Waals surface area contributed by atoms with E-state index in [1.54, 1.807) is 6.20 Å². The highest BCUT2D eigenvalue weighted by Gasteiger charge is 2.02. The standard InChI is InChI=1S/C9H8BrN3/c10-7-1-2-8(9(11)3-7)6-4-12-13-5-6/h1-5H,11H2,(H,12,13). The molecule has 0 saturated carbocycles. The van der Waals surface area contributed by atoms with Gasteiger partial charge in [-0.3, -0.25) is 5.10 Å². The van der Waals surface area contributed by atoms with Crippen molar-refractivity contribution >= 4 is 21.6 Å². The molecule has 2 aromatic rings. The molecule has 0 fully saturated rings. The molecule has 0 atom stereocenters. The molecule has 0 amide bonds. The lowest BCUT2D eigenvalue weighted by atomic mass is 10.1. The highest BCUT2D eigenvalue weighted by molar-refractivity contribution is 9.10. The van der Waals surface area contributed by atoms with E-state index in [9.17, 15) is 0 Å². The second-order valence-corrected chi connectivity index (χ2v) is 3.63. The smallest absolute Gasteiger partial charge is 0.0566 e. The van der Waals surface area contributed by atoms with Gasteiger partial charge in [0.25, 0.3) is 0 Å². The van der Waals surface area contributed by atoms with Crippen LogP contribution in [0.15, 0.2) is 35.1 Å². The van der Waals surface area contributed by atoms with Crippen LogP contribution >= 0.6 is 15.9 Å². The van der Waals surface area contributed by atoms with Gasteiger partial charge in [0.15, 0.2) is 0 Å². The van der Waals surface area contributed by atoms with Gasteiger partial charge in [-0.1, -0.05) is 22.0 Å². The lowest BCUT2D eigenvalue weighted by molar-refractivity contribution is 1.09. The monoisotopic (exact) mass is 237 g/mol. The van der Waals surface area contributed by atoms with Crippen LogP contribution in [0.2, 0.25) is 0 Å². The molecule has 0 radical (unpaired) electrons. The van der Waals surface area contributed by atoms with E-state index in [4.69, 9.17) is 5.73 Å². The minimum absolute atomic E-state index is 0.746. The number of rotatable bonds is 1. The van der Waals surface area contributed by atoms with Crippen molar-refractivity contribution in [2.24, 2.45) is 0 Å². The highest BCUT2D eigenvalue weighted by atomic mass is 79.9. The summed E-state index contributed by atoms with van der Waals surface area (Å²) in [6.45, 7) is 0. The normalized spacial score (nSPS) is 10.2. The molecule has 1 aromatic heterocycles. The third kappa shape index (κ3) is 1.58. The van der Waals surface area contributed by atoms with Gasteiger partial charge in [0.1, 0.15) is 0 Å². The first-order valence-electron chi connectivity index (χ1n) is 3.81. The summed E-state index contributed by atoms with van der Waals surface area (Å²) >= 11 is 3.36. The molecule has 0 unspecified atom stereocenters. The summed E-state index contributed by atoms with van der Waals surface area (Å²) in [5.74, 6) is 0. The minimum atomic E-state index is 0.746. The van der Waals surface area contributed by atoms with E-state index in [0.29, 0.717) is 0 Å². The number of nitrogen functional groups attached to an aromatic ring is 1. The largest absolute Gasteiger partial charge is 0.398 e. The number of anilines is 1. The van der Waals surface area contributed by atoms with Crippen molar-refractivity contribution in [1.29, 1.82) is 0 Å². The molecule has 3 nitrogen and oxygen atoms in total. The molecular weight excluding hydrogens is 230 g/mol. The SMILES string of the molecule is Nc1cc(Br)ccc1-c1cn[nH]c1. The molecule has 66 valence electrons. The molecule has 4 heteroatoms. The van der Waals surface area contributed by atoms with E-state index >= 15 is 0 Å². The Balaban J connectivity index is 2.53. The van der Waals surface area contributed by atoms with Crippen LogP contribution in [-0.4, -0.2) is 10.2 Å². The Morgan fingerprint density at radius 2 is 2.23 bits per heavy atom. The van der Waals surface area contributed by atoms with Crippen LogP contribution in [0.5, 0.6) is 0 Å². The van der Waals surface area contributed by atoms with Gasteiger partial charge in [-0.25, -0.2) is 0 Å². The summed E-state index contributed by atoms with van der Waals surface area (Å²) in [4.78, 5) is 0. The van der Waals surface area contributed by atoms with Crippen molar-refractivity contribution in [1.82, 2.24) is 10.2 Å². The summed E-state index contributed by atoms with van der Waals surface area (Å²) in [6, 6.07) is 5.80. The summed E-state index contributed by atoms with van der Waals surface area (Å²) in [7, 11) is 0. The molecular formula is C9H8BrN3. The molecule has 1 heterocycles. The minimum Gasteiger partial charge on any atom is -0.398 e. The molecule has 3 N–H and O–H groups in total. The number of nitrogens with one attached hydrogen (secondary N) is 1. The van der Waals surface area contributed by atoms with Gasteiger partial charge in [0.2, 0.25) is 0 Å². The molecule has 13 heavy (non-hydrogen) atoms. The molecule has 0 bridgehead atoms. The quantitative estimate of drug-likeness (QED) is 0.749. The molecule has 2 rings (SSSR count). The predicted octanol–water partition coefficient (Wildman–Crippen LogP) is 2.42. The van der Waals surface area contributed by atoms with E-state index in [0.717, 1.165) is 21.3 Å². The maximum absolute atomic E-state index is 5.84. The zero-order valence-electron chi connectivity index (χ0n) is 6.79. The second-order valence-electron chi connectivity index (χ2n) is 2.72. The van der Waals surface area contributed by atoms with Crippen molar-refractivity contribution in [3.63, 3.8) is 0 Å². The van der Waals surface area contributed by atoms with Crippen molar-refractivity contribution in [2.75, 3.05) is 5.73 Å². The van der Waals surface area contributed by atoms with Crippen LogP contribution in [0.25, 0.3) is 11.1 Å². The Kier molecular flexibility index (Phi) is 2.06. The van der Waals surface area contributed by atoms with Crippen LogP contribution in [0, 0.1) is 0 Å². The molecule has 1 aromatic carbocycles. The van der Waals surface area contributed by atoms with Gasteiger partial charge in [-0.15, -0.1) is 0 Å². The van der Waals surface area contributed by atoms with Crippen molar-refractivity contribution in [3.05, 3.63) is 35.1 Å². The Labute approximate surface area is 84.1 Å². The Morgan fingerprint density at radius 1 is 1.38 bits per heavy atom. The Morgan fingerprint density at radius 3 is 2.85 bits per heavy atom. The lowest BCUT2D eigenvalue weighted by Crippen LogP contribution is -1.88. The number of H-pyrrole nitrogens is 1.